The van der Waals surface area contributed by atoms with E-state index in [1.165, 1.54) is 26.4 Å². The van der Waals surface area contributed by atoms with Crippen molar-refractivity contribution < 1.29 is 33.3 Å². The number of methoxy groups -OCH3 is 2. The molecule has 0 aliphatic rings. The van der Waals surface area contributed by atoms with E-state index < -0.39 is 13.0 Å². The Kier molecular flexibility index (Phi) is 6.60. The second-order valence-corrected chi connectivity index (χ2v) is 9.93. The van der Waals surface area contributed by atoms with Gasteiger partial charge in [-0.1, -0.05) is 45.0 Å². The van der Waals surface area contributed by atoms with Crippen LogP contribution in [0.5, 0.6) is 34.5 Å². The van der Waals surface area contributed by atoms with E-state index in [4.69, 9.17) is 18.5 Å². The van der Waals surface area contributed by atoms with Gasteiger partial charge in [0.1, 0.15) is 16.8 Å². The normalized spacial score (nSPS) is 11.7. The van der Waals surface area contributed by atoms with Gasteiger partial charge in [-0.15, -0.1) is 0 Å². The van der Waals surface area contributed by atoms with Crippen molar-refractivity contribution in [2.75, 3.05) is 14.2 Å². The number of phenolic OH excluding ortho intramolecular Hbond substituents is 2. The van der Waals surface area contributed by atoms with Crippen LogP contribution in [0.3, 0.4) is 0 Å². The fraction of sp³-hybridized carbons (Fsp3) is 0.250. The maximum Gasteiger partial charge on any atom is 0.467 e. The highest BCUT2D eigenvalue weighted by Crippen LogP contribution is 2.54. The molecule has 3 rings (SSSR count). The number of ether oxygens (including phenoxy) is 2. The third-order valence-electron chi connectivity index (χ3n) is 4.75. The first-order chi connectivity index (χ1) is 15.1. The Balaban J connectivity index is 2.24. The molecule has 0 aromatic heterocycles. The van der Waals surface area contributed by atoms with E-state index in [0.29, 0.717) is 17.1 Å². The zero-order valence-electron chi connectivity index (χ0n) is 18.7. The van der Waals surface area contributed by atoms with Crippen molar-refractivity contribution in [3.8, 4) is 34.5 Å². The highest BCUT2D eigenvalue weighted by Gasteiger charge is 2.39. The molecule has 0 fully saturated rings. The standard InChI is InChI=1S/C24H27O7P/c1-24(2,3)17-14-16(25)15-22(23(17)26)32(27,30-20-12-8-6-10-18(20)28-4)31-21-13-9-7-11-19(21)29-5/h6-15,25-26H,1-5H3. The minimum absolute atomic E-state index is 0.147. The summed E-state index contributed by atoms with van der Waals surface area (Å²) in [7, 11) is -1.41. The monoisotopic (exact) mass is 458 g/mol. The van der Waals surface area contributed by atoms with Crippen LogP contribution < -0.4 is 23.8 Å². The van der Waals surface area contributed by atoms with Gasteiger partial charge in [-0.2, -0.15) is 0 Å². The molecule has 170 valence electrons. The molecule has 7 nitrogen and oxygen atoms in total. The number of para-hydroxylation sites is 4. The summed E-state index contributed by atoms with van der Waals surface area (Å²) in [6.45, 7) is 5.58. The number of hydrogen-bond acceptors (Lipinski definition) is 7. The summed E-state index contributed by atoms with van der Waals surface area (Å²) in [5.41, 5.74) is -0.169. The molecule has 0 spiro atoms. The van der Waals surface area contributed by atoms with Crippen molar-refractivity contribution in [3.05, 3.63) is 66.2 Å². The largest absolute Gasteiger partial charge is 0.508 e. The van der Waals surface area contributed by atoms with Crippen LogP contribution in [0.2, 0.25) is 0 Å². The lowest BCUT2D eigenvalue weighted by Gasteiger charge is -2.26. The van der Waals surface area contributed by atoms with Gasteiger partial charge in [0.25, 0.3) is 0 Å². The molecule has 0 saturated heterocycles. The lowest BCUT2D eigenvalue weighted by Crippen LogP contribution is -2.20. The van der Waals surface area contributed by atoms with Gasteiger partial charge in [0, 0.05) is 11.6 Å². The van der Waals surface area contributed by atoms with Crippen molar-refractivity contribution in [1.29, 1.82) is 0 Å². The molecule has 0 bridgehead atoms. The Labute approximate surface area is 187 Å². The van der Waals surface area contributed by atoms with E-state index in [1.807, 2.05) is 20.8 Å². The third kappa shape index (κ3) is 4.78. The van der Waals surface area contributed by atoms with Gasteiger partial charge in [-0.25, -0.2) is 4.57 Å². The van der Waals surface area contributed by atoms with Crippen LogP contribution in [0.25, 0.3) is 0 Å². The Morgan fingerprint density at radius 2 is 1.19 bits per heavy atom. The fourth-order valence-corrected chi connectivity index (χ4v) is 4.87. The van der Waals surface area contributed by atoms with E-state index in [0.717, 1.165) is 0 Å². The molecule has 0 unspecified atom stereocenters. The topological polar surface area (TPSA) is 94.5 Å². The van der Waals surface area contributed by atoms with E-state index >= 15 is 0 Å². The molecule has 0 radical (unpaired) electrons. The average molecular weight is 458 g/mol. The van der Waals surface area contributed by atoms with Gasteiger partial charge >= 0.3 is 7.60 Å². The van der Waals surface area contributed by atoms with Gasteiger partial charge in [-0.05, 0) is 35.7 Å². The quantitative estimate of drug-likeness (QED) is 0.362. The lowest BCUT2D eigenvalue weighted by atomic mass is 9.86. The number of hydrogen-bond donors (Lipinski definition) is 2. The maximum absolute atomic E-state index is 14.3. The molecule has 0 heterocycles. The summed E-state index contributed by atoms with van der Waals surface area (Å²) in [4.78, 5) is 0. The molecule has 0 aliphatic carbocycles. The molecule has 0 saturated carbocycles. The summed E-state index contributed by atoms with van der Waals surface area (Å²) in [6.07, 6.45) is 0. The predicted molar refractivity (Wildman–Crippen MR) is 123 cm³/mol. The van der Waals surface area contributed by atoms with Crippen LogP contribution in [0, 0.1) is 0 Å². The first-order valence-corrected chi connectivity index (χ1v) is 11.5. The Bertz CT molecular complexity index is 1100. The highest BCUT2D eigenvalue weighted by molar-refractivity contribution is 7.63. The Hall–Kier alpha value is -3.31. The van der Waals surface area contributed by atoms with Crippen LogP contribution >= 0.6 is 7.60 Å². The summed E-state index contributed by atoms with van der Waals surface area (Å²) < 4.78 is 36.7. The zero-order valence-corrected chi connectivity index (χ0v) is 19.6. The maximum atomic E-state index is 14.3. The van der Waals surface area contributed by atoms with Gasteiger partial charge in [0.05, 0.1) is 14.2 Å². The number of rotatable bonds is 7. The minimum Gasteiger partial charge on any atom is -0.508 e. The molecular weight excluding hydrogens is 431 g/mol. The first kappa shape index (κ1) is 23.4. The molecule has 32 heavy (non-hydrogen) atoms. The predicted octanol–water partition coefficient (Wildman–Crippen LogP) is 5.39. The van der Waals surface area contributed by atoms with E-state index in [2.05, 4.69) is 0 Å². The molecule has 8 heteroatoms. The minimum atomic E-state index is -4.33. The zero-order chi connectivity index (χ0) is 23.5. The summed E-state index contributed by atoms with van der Waals surface area (Å²) in [6, 6.07) is 15.9. The molecule has 0 aliphatic heterocycles. The third-order valence-corrected chi connectivity index (χ3v) is 6.56. The van der Waals surface area contributed by atoms with Crippen LogP contribution in [0.15, 0.2) is 60.7 Å². The van der Waals surface area contributed by atoms with E-state index in [1.54, 1.807) is 48.5 Å². The van der Waals surface area contributed by atoms with E-state index in [9.17, 15) is 14.8 Å². The van der Waals surface area contributed by atoms with Crippen molar-refractivity contribution in [1.82, 2.24) is 0 Å². The van der Waals surface area contributed by atoms with E-state index in [-0.39, 0.29) is 28.3 Å². The average Bonchev–Trinajstić information content (AvgIpc) is 2.75. The van der Waals surface area contributed by atoms with Gasteiger partial charge < -0.3 is 28.7 Å². The molecule has 3 aromatic rings. The van der Waals surface area contributed by atoms with Crippen LogP contribution in [0.1, 0.15) is 26.3 Å². The molecular formula is C24H27O7P. The van der Waals surface area contributed by atoms with Gasteiger partial charge in [0.15, 0.2) is 23.0 Å². The van der Waals surface area contributed by atoms with Crippen LogP contribution in [-0.4, -0.2) is 24.4 Å². The van der Waals surface area contributed by atoms with Crippen molar-refractivity contribution in [3.63, 3.8) is 0 Å². The van der Waals surface area contributed by atoms with Crippen molar-refractivity contribution >= 4 is 12.9 Å². The summed E-state index contributed by atoms with van der Waals surface area (Å²) >= 11 is 0. The van der Waals surface area contributed by atoms with Gasteiger partial charge in [0.2, 0.25) is 0 Å². The second kappa shape index (κ2) is 9.05. The lowest BCUT2D eigenvalue weighted by molar-refractivity contribution is 0.352. The van der Waals surface area contributed by atoms with Crippen molar-refractivity contribution in [2.45, 2.75) is 26.2 Å². The summed E-state index contributed by atoms with van der Waals surface area (Å²) in [5.74, 6) is 0.472. The molecule has 2 N–H and O–H groups in total. The van der Waals surface area contributed by atoms with Crippen LogP contribution in [0.4, 0.5) is 0 Å². The number of phenols is 2. The first-order valence-electron chi connectivity index (χ1n) is 9.91. The number of benzene rings is 3. The molecule has 0 atom stereocenters. The van der Waals surface area contributed by atoms with Gasteiger partial charge in [-0.3, -0.25) is 0 Å². The Morgan fingerprint density at radius 1 is 0.750 bits per heavy atom. The molecule has 3 aromatic carbocycles. The number of aromatic hydroxyl groups is 2. The SMILES string of the molecule is COc1ccccc1OP(=O)(Oc1ccccc1OC)c1cc(O)cc(C(C)(C)C)c1O. The summed E-state index contributed by atoms with van der Waals surface area (Å²) in [5, 5.41) is 21.3. The van der Waals surface area contributed by atoms with Crippen LogP contribution in [-0.2, 0) is 9.98 Å². The van der Waals surface area contributed by atoms with Crippen molar-refractivity contribution in [2.24, 2.45) is 0 Å². The highest BCUT2D eigenvalue weighted by atomic mass is 31.2. The fourth-order valence-electron chi connectivity index (χ4n) is 3.15. The molecule has 0 amide bonds. The second-order valence-electron chi connectivity index (χ2n) is 8.09. The Morgan fingerprint density at radius 3 is 1.59 bits per heavy atom. The smallest absolute Gasteiger partial charge is 0.467 e.